The minimum atomic E-state index is 0.0256. The van der Waals surface area contributed by atoms with Crippen molar-refractivity contribution in [3.8, 4) is 5.75 Å². The monoisotopic (exact) mass is 272 g/mol. The second-order valence-corrected chi connectivity index (χ2v) is 4.53. The fourth-order valence-corrected chi connectivity index (χ4v) is 1.85. The van der Waals surface area contributed by atoms with Gasteiger partial charge >= 0.3 is 0 Å². The summed E-state index contributed by atoms with van der Waals surface area (Å²) in [6, 6.07) is 13.1. The molecule has 0 aliphatic rings. The highest BCUT2D eigenvalue weighted by atomic mass is 16.5. The summed E-state index contributed by atoms with van der Waals surface area (Å²) in [5.41, 5.74) is 1.05. The van der Waals surface area contributed by atoms with E-state index in [1.165, 1.54) is 0 Å². The number of nitrogens with zero attached hydrogens (tertiary/aromatic N) is 1. The van der Waals surface area contributed by atoms with Crippen LogP contribution in [0.4, 0.5) is 5.69 Å². The fraction of sp³-hybridized carbons (Fsp3) is 0.312. The van der Waals surface area contributed by atoms with Gasteiger partial charge in [0.1, 0.15) is 5.75 Å². The van der Waals surface area contributed by atoms with E-state index in [2.05, 4.69) is 12.2 Å². The van der Waals surface area contributed by atoms with Crippen molar-refractivity contribution in [1.29, 1.82) is 0 Å². The summed E-state index contributed by atoms with van der Waals surface area (Å²) in [6.07, 6.45) is 2.80. The van der Waals surface area contributed by atoms with Crippen LogP contribution in [0.3, 0.4) is 0 Å². The number of hydrogen-bond donors (Lipinski definition) is 1. The maximum atomic E-state index is 11.5. The summed E-state index contributed by atoms with van der Waals surface area (Å²) in [6.45, 7) is 4.18. The van der Waals surface area contributed by atoms with Gasteiger partial charge < -0.3 is 14.6 Å². The Hall–Kier alpha value is -2.23. The average molecular weight is 272 g/mol. The van der Waals surface area contributed by atoms with E-state index in [0.717, 1.165) is 24.5 Å². The van der Waals surface area contributed by atoms with Crippen LogP contribution in [0.5, 0.6) is 5.75 Å². The quantitative estimate of drug-likeness (QED) is 0.843. The third-order valence-electron chi connectivity index (χ3n) is 2.91. The Morgan fingerprint density at radius 3 is 2.65 bits per heavy atom. The number of rotatable bonds is 7. The Balaban J connectivity index is 1.82. The van der Waals surface area contributed by atoms with Crippen molar-refractivity contribution in [2.75, 3.05) is 18.5 Å². The largest absolute Gasteiger partial charge is 0.494 e. The number of pyridine rings is 1. The highest BCUT2D eigenvalue weighted by molar-refractivity contribution is 5.46. The van der Waals surface area contributed by atoms with E-state index in [9.17, 15) is 4.79 Å². The van der Waals surface area contributed by atoms with Gasteiger partial charge in [-0.25, -0.2) is 0 Å². The van der Waals surface area contributed by atoms with Crippen molar-refractivity contribution in [3.05, 3.63) is 59.0 Å². The van der Waals surface area contributed by atoms with Crippen LogP contribution in [-0.2, 0) is 6.54 Å². The number of hydrogen-bond acceptors (Lipinski definition) is 3. The highest BCUT2D eigenvalue weighted by Gasteiger charge is 1.96. The molecule has 0 aliphatic carbocycles. The Labute approximate surface area is 119 Å². The second-order valence-electron chi connectivity index (χ2n) is 4.53. The summed E-state index contributed by atoms with van der Waals surface area (Å²) >= 11 is 0. The third-order valence-corrected chi connectivity index (χ3v) is 2.91. The molecule has 1 aromatic heterocycles. The standard InChI is InChI=1S/C16H20N2O2/c1-2-13-20-15-8-6-14(7-9-15)17-10-12-18-11-4-3-5-16(18)19/h3-9,11,17H,2,10,12-13H2,1H3. The van der Waals surface area contributed by atoms with Gasteiger partial charge in [-0.2, -0.15) is 0 Å². The Bertz CT molecular complexity index is 576. The summed E-state index contributed by atoms with van der Waals surface area (Å²) in [7, 11) is 0. The van der Waals surface area contributed by atoms with Crippen molar-refractivity contribution in [2.24, 2.45) is 0 Å². The summed E-state index contributed by atoms with van der Waals surface area (Å²) in [5, 5.41) is 3.29. The van der Waals surface area contributed by atoms with Crippen LogP contribution in [-0.4, -0.2) is 17.7 Å². The molecule has 0 saturated heterocycles. The smallest absolute Gasteiger partial charge is 0.250 e. The molecule has 4 heteroatoms. The maximum Gasteiger partial charge on any atom is 0.250 e. The molecule has 1 heterocycles. The molecule has 0 amide bonds. The predicted octanol–water partition coefficient (Wildman–Crippen LogP) is 2.75. The zero-order valence-electron chi connectivity index (χ0n) is 11.7. The van der Waals surface area contributed by atoms with Gasteiger partial charge in [-0.1, -0.05) is 13.0 Å². The number of nitrogens with one attached hydrogen (secondary N) is 1. The molecule has 0 saturated carbocycles. The molecule has 20 heavy (non-hydrogen) atoms. The normalized spacial score (nSPS) is 10.2. The second kappa shape index (κ2) is 7.38. The minimum absolute atomic E-state index is 0.0256. The van der Waals surface area contributed by atoms with Gasteiger partial charge in [0.15, 0.2) is 0 Å². The molecule has 1 N–H and O–H groups in total. The molecule has 2 aromatic rings. The molecular formula is C16H20N2O2. The zero-order chi connectivity index (χ0) is 14.2. The van der Waals surface area contributed by atoms with E-state index < -0.39 is 0 Å². The average Bonchev–Trinajstić information content (AvgIpc) is 2.48. The van der Waals surface area contributed by atoms with Crippen LogP contribution in [0.2, 0.25) is 0 Å². The molecule has 0 radical (unpaired) electrons. The number of ether oxygens (including phenoxy) is 1. The molecule has 0 aliphatic heterocycles. The van der Waals surface area contributed by atoms with Crippen molar-refractivity contribution < 1.29 is 4.74 Å². The predicted molar refractivity (Wildman–Crippen MR) is 81.4 cm³/mol. The van der Waals surface area contributed by atoms with Crippen molar-refractivity contribution in [3.63, 3.8) is 0 Å². The van der Waals surface area contributed by atoms with Gasteiger partial charge in [0.05, 0.1) is 6.61 Å². The lowest BCUT2D eigenvalue weighted by Crippen LogP contribution is -2.21. The Morgan fingerprint density at radius 2 is 1.95 bits per heavy atom. The van der Waals surface area contributed by atoms with Gasteiger partial charge in [-0.05, 0) is 36.8 Å². The van der Waals surface area contributed by atoms with E-state index >= 15 is 0 Å². The summed E-state index contributed by atoms with van der Waals surface area (Å²) in [5.74, 6) is 0.886. The first-order valence-corrected chi connectivity index (χ1v) is 6.92. The molecule has 0 fully saturated rings. The molecule has 0 atom stereocenters. The van der Waals surface area contributed by atoms with Crippen LogP contribution in [0.15, 0.2) is 53.5 Å². The molecule has 0 spiro atoms. The van der Waals surface area contributed by atoms with E-state index in [1.807, 2.05) is 30.3 Å². The lowest BCUT2D eigenvalue weighted by Gasteiger charge is -2.09. The van der Waals surface area contributed by atoms with E-state index in [1.54, 1.807) is 22.9 Å². The first-order valence-electron chi connectivity index (χ1n) is 6.92. The molecule has 106 valence electrons. The minimum Gasteiger partial charge on any atom is -0.494 e. The Kier molecular flexibility index (Phi) is 5.24. The van der Waals surface area contributed by atoms with Crippen molar-refractivity contribution >= 4 is 5.69 Å². The highest BCUT2D eigenvalue weighted by Crippen LogP contribution is 2.15. The SMILES string of the molecule is CCCOc1ccc(NCCn2ccccc2=O)cc1. The molecule has 1 aromatic carbocycles. The number of aromatic nitrogens is 1. The molecule has 0 bridgehead atoms. The van der Waals surface area contributed by atoms with Gasteiger partial charge in [-0.3, -0.25) is 4.79 Å². The Morgan fingerprint density at radius 1 is 1.15 bits per heavy atom. The first-order chi connectivity index (χ1) is 9.79. The fourth-order valence-electron chi connectivity index (χ4n) is 1.85. The van der Waals surface area contributed by atoms with E-state index in [0.29, 0.717) is 13.1 Å². The van der Waals surface area contributed by atoms with Crippen LogP contribution in [0.1, 0.15) is 13.3 Å². The topological polar surface area (TPSA) is 43.3 Å². The summed E-state index contributed by atoms with van der Waals surface area (Å²) < 4.78 is 7.21. The van der Waals surface area contributed by atoms with Gasteiger partial charge in [0.2, 0.25) is 0 Å². The lowest BCUT2D eigenvalue weighted by molar-refractivity contribution is 0.317. The van der Waals surface area contributed by atoms with Crippen LogP contribution in [0, 0.1) is 0 Å². The number of anilines is 1. The van der Waals surface area contributed by atoms with Crippen molar-refractivity contribution in [1.82, 2.24) is 4.57 Å². The van der Waals surface area contributed by atoms with Crippen LogP contribution >= 0.6 is 0 Å². The molecule has 0 unspecified atom stereocenters. The molecule has 4 nitrogen and oxygen atoms in total. The maximum absolute atomic E-state index is 11.5. The van der Waals surface area contributed by atoms with E-state index in [-0.39, 0.29) is 5.56 Å². The third kappa shape index (κ3) is 4.16. The number of benzene rings is 1. The lowest BCUT2D eigenvalue weighted by atomic mass is 10.3. The van der Waals surface area contributed by atoms with E-state index in [4.69, 9.17) is 4.74 Å². The van der Waals surface area contributed by atoms with Gasteiger partial charge in [0, 0.05) is 31.0 Å². The van der Waals surface area contributed by atoms with Crippen LogP contribution in [0.25, 0.3) is 0 Å². The van der Waals surface area contributed by atoms with Crippen molar-refractivity contribution in [2.45, 2.75) is 19.9 Å². The van der Waals surface area contributed by atoms with Gasteiger partial charge in [-0.15, -0.1) is 0 Å². The van der Waals surface area contributed by atoms with Crippen LogP contribution < -0.4 is 15.6 Å². The molecular weight excluding hydrogens is 252 g/mol. The zero-order valence-corrected chi connectivity index (χ0v) is 11.7. The first kappa shape index (κ1) is 14.2. The van der Waals surface area contributed by atoms with Gasteiger partial charge in [0.25, 0.3) is 5.56 Å². The molecule has 2 rings (SSSR count). The summed E-state index contributed by atoms with van der Waals surface area (Å²) in [4.78, 5) is 11.5.